The second-order valence-corrected chi connectivity index (χ2v) is 2.36. The molecule has 1 aromatic carbocycles. The van der Waals surface area contributed by atoms with Gasteiger partial charge in [0.2, 0.25) is 0 Å². The van der Waals surface area contributed by atoms with Gasteiger partial charge in [-0.2, -0.15) is 0 Å². The van der Waals surface area contributed by atoms with Gasteiger partial charge in [0.25, 0.3) is 0 Å². The molecule has 0 fully saturated rings. The lowest BCUT2D eigenvalue weighted by molar-refractivity contribution is 1.31. The summed E-state index contributed by atoms with van der Waals surface area (Å²) < 4.78 is 0. The van der Waals surface area contributed by atoms with Crippen molar-refractivity contribution in [3.05, 3.63) is 35.4 Å². The fourth-order valence-corrected chi connectivity index (χ4v) is 1.05. The number of aliphatic imine (C=N–C) groups is 1. The Morgan fingerprint density at radius 1 is 1.27 bits per heavy atom. The van der Waals surface area contributed by atoms with Crippen molar-refractivity contribution in [3.63, 3.8) is 0 Å². The van der Waals surface area contributed by atoms with E-state index in [0.717, 1.165) is 11.1 Å². The molecule has 1 heteroatoms. The molecular weight excluding hydrogens is 134 g/mol. The van der Waals surface area contributed by atoms with Crippen LogP contribution < -0.4 is 0 Å². The summed E-state index contributed by atoms with van der Waals surface area (Å²) in [5.41, 5.74) is 2.20. The summed E-state index contributed by atoms with van der Waals surface area (Å²) in [5, 5.41) is 0. The molecule has 1 heterocycles. The van der Waals surface area contributed by atoms with Gasteiger partial charge in [0.1, 0.15) is 6.54 Å². The topological polar surface area (TPSA) is 12.4 Å². The molecule has 1 nitrogen and oxygen atoms in total. The van der Waals surface area contributed by atoms with Crippen molar-refractivity contribution >= 4 is 6.21 Å². The second kappa shape index (κ2) is 2.59. The van der Waals surface area contributed by atoms with Crippen LogP contribution in [-0.2, 0) is 0 Å². The minimum absolute atomic E-state index is 0.620. The number of nitrogens with zero attached hydrogens (tertiary/aromatic N) is 1. The molecule has 0 radical (unpaired) electrons. The van der Waals surface area contributed by atoms with Gasteiger partial charge in [-0.25, -0.2) is 0 Å². The summed E-state index contributed by atoms with van der Waals surface area (Å²) in [6, 6.07) is 8.03. The van der Waals surface area contributed by atoms with Crippen molar-refractivity contribution in [2.24, 2.45) is 4.99 Å². The highest BCUT2D eigenvalue weighted by atomic mass is 14.7. The number of fused-ring (bicyclic) bond motifs is 1. The Hall–Kier alpha value is -1.55. The third-order valence-electron chi connectivity index (χ3n) is 1.58. The van der Waals surface area contributed by atoms with Crippen molar-refractivity contribution in [1.29, 1.82) is 0 Å². The maximum atomic E-state index is 4.11. The van der Waals surface area contributed by atoms with Crippen LogP contribution in [0.3, 0.4) is 0 Å². The van der Waals surface area contributed by atoms with E-state index in [1.807, 2.05) is 30.5 Å². The molecule has 0 aromatic heterocycles. The molecule has 52 valence electrons. The second-order valence-electron chi connectivity index (χ2n) is 2.36. The van der Waals surface area contributed by atoms with E-state index in [9.17, 15) is 0 Å². The lowest BCUT2D eigenvalue weighted by Gasteiger charge is -1.93. The van der Waals surface area contributed by atoms with Gasteiger partial charge in [0, 0.05) is 17.3 Å². The molecule has 0 saturated carbocycles. The van der Waals surface area contributed by atoms with Crippen LogP contribution >= 0.6 is 0 Å². The van der Waals surface area contributed by atoms with E-state index in [1.54, 1.807) is 0 Å². The first-order valence-electron chi connectivity index (χ1n) is 3.54. The largest absolute Gasteiger partial charge is 0.280 e. The SMILES string of the molecule is C1#Cc2ccccc2C=NC1. The van der Waals surface area contributed by atoms with Gasteiger partial charge in [0.15, 0.2) is 0 Å². The Bertz CT molecular complexity index is 353. The predicted molar refractivity (Wildman–Crippen MR) is 45.8 cm³/mol. The molecule has 0 bridgehead atoms. The molecule has 0 atom stereocenters. The molecule has 1 aromatic rings. The Kier molecular flexibility index (Phi) is 1.46. The van der Waals surface area contributed by atoms with Crippen molar-refractivity contribution < 1.29 is 0 Å². The molecule has 0 saturated heterocycles. The van der Waals surface area contributed by atoms with E-state index in [0.29, 0.717) is 6.54 Å². The normalized spacial score (nSPS) is 12.7. The quantitative estimate of drug-likeness (QED) is 0.485. The Balaban J connectivity index is 2.62. The Morgan fingerprint density at radius 2 is 2.18 bits per heavy atom. The first-order valence-corrected chi connectivity index (χ1v) is 3.54. The summed E-state index contributed by atoms with van der Waals surface area (Å²) in [5.74, 6) is 6.01. The molecular formula is C10H7N. The van der Waals surface area contributed by atoms with Crippen molar-refractivity contribution in [2.75, 3.05) is 6.54 Å². The van der Waals surface area contributed by atoms with Crippen LogP contribution in [0.1, 0.15) is 11.1 Å². The molecule has 2 rings (SSSR count). The highest BCUT2D eigenvalue weighted by Crippen LogP contribution is 2.05. The Labute approximate surface area is 65.8 Å². The lowest BCUT2D eigenvalue weighted by Crippen LogP contribution is -1.84. The van der Waals surface area contributed by atoms with Gasteiger partial charge in [-0.3, -0.25) is 4.99 Å². The lowest BCUT2D eigenvalue weighted by atomic mass is 10.1. The minimum atomic E-state index is 0.620. The van der Waals surface area contributed by atoms with Gasteiger partial charge < -0.3 is 0 Å². The maximum absolute atomic E-state index is 4.11. The zero-order valence-corrected chi connectivity index (χ0v) is 6.04. The summed E-state index contributed by atoms with van der Waals surface area (Å²) in [6.45, 7) is 0.620. The summed E-state index contributed by atoms with van der Waals surface area (Å²) in [4.78, 5) is 4.11. The number of rotatable bonds is 0. The van der Waals surface area contributed by atoms with Gasteiger partial charge >= 0.3 is 0 Å². The zero-order valence-electron chi connectivity index (χ0n) is 6.04. The molecule has 11 heavy (non-hydrogen) atoms. The first-order chi connectivity index (χ1) is 5.47. The van der Waals surface area contributed by atoms with Crippen molar-refractivity contribution in [1.82, 2.24) is 0 Å². The van der Waals surface area contributed by atoms with Crippen molar-refractivity contribution in [2.45, 2.75) is 0 Å². The van der Waals surface area contributed by atoms with Gasteiger partial charge in [-0.05, 0) is 6.07 Å². The van der Waals surface area contributed by atoms with Crippen molar-refractivity contribution in [3.8, 4) is 11.8 Å². The highest BCUT2D eigenvalue weighted by Gasteiger charge is 1.95. The van der Waals surface area contributed by atoms with Crippen LogP contribution in [0.25, 0.3) is 0 Å². The van der Waals surface area contributed by atoms with E-state index in [2.05, 4.69) is 16.8 Å². The van der Waals surface area contributed by atoms with E-state index in [1.165, 1.54) is 0 Å². The minimum Gasteiger partial charge on any atom is -0.280 e. The summed E-state index contributed by atoms with van der Waals surface area (Å²) in [7, 11) is 0. The van der Waals surface area contributed by atoms with Gasteiger partial charge in [-0.1, -0.05) is 30.0 Å². The van der Waals surface area contributed by atoms with E-state index < -0.39 is 0 Å². The number of hydrogen-bond donors (Lipinski definition) is 0. The molecule has 0 amide bonds. The molecule has 0 spiro atoms. The van der Waals surface area contributed by atoms with Crippen LogP contribution in [0.4, 0.5) is 0 Å². The highest BCUT2D eigenvalue weighted by molar-refractivity contribution is 5.84. The number of hydrogen-bond acceptors (Lipinski definition) is 1. The van der Waals surface area contributed by atoms with Crippen LogP contribution in [0.15, 0.2) is 29.3 Å². The smallest absolute Gasteiger partial charge is 0.100 e. The molecule has 0 N–H and O–H groups in total. The fraction of sp³-hybridized carbons (Fsp3) is 0.100. The average Bonchev–Trinajstić information content (AvgIpc) is 2.28. The third kappa shape index (κ3) is 1.15. The molecule has 1 aliphatic rings. The predicted octanol–water partition coefficient (Wildman–Crippen LogP) is 1.47. The van der Waals surface area contributed by atoms with E-state index in [4.69, 9.17) is 0 Å². The zero-order chi connectivity index (χ0) is 7.52. The van der Waals surface area contributed by atoms with E-state index in [-0.39, 0.29) is 0 Å². The Morgan fingerprint density at radius 3 is 3.18 bits per heavy atom. The molecule has 1 aliphatic heterocycles. The van der Waals surface area contributed by atoms with Gasteiger partial charge in [0.05, 0.1) is 0 Å². The monoisotopic (exact) mass is 141 g/mol. The third-order valence-corrected chi connectivity index (χ3v) is 1.58. The average molecular weight is 141 g/mol. The number of benzene rings is 1. The van der Waals surface area contributed by atoms with E-state index >= 15 is 0 Å². The van der Waals surface area contributed by atoms with Crippen LogP contribution in [0, 0.1) is 11.8 Å². The first kappa shape index (κ1) is 6.18. The maximum Gasteiger partial charge on any atom is 0.100 e. The molecule has 0 aliphatic carbocycles. The fourth-order valence-electron chi connectivity index (χ4n) is 1.05. The van der Waals surface area contributed by atoms with Gasteiger partial charge in [-0.15, -0.1) is 0 Å². The summed E-state index contributed by atoms with van der Waals surface area (Å²) in [6.07, 6.45) is 1.86. The van der Waals surface area contributed by atoms with Crippen LogP contribution in [0.5, 0.6) is 0 Å². The van der Waals surface area contributed by atoms with Crippen LogP contribution in [-0.4, -0.2) is 12.8 Å². The molecule has 0 unspecified atom stereocenters. The summed E-state index contributed by atoms with van der Waals surface area (Å²) >= 11 is 0. The standard InChI is InChI=1S/C10H7N/c1-2-5-10-8-11-7-3-6-9(10)4-1/h1-2,4-5,8H,7H2. The van der Waals surface area contributed by atoms with Crippen LogP contribution in [0.2, 0.25) is 0 Å².